The number of esters is 1. The number of carbonyl (C=O) groups is 1. The van der Waals surface area contributed by atoms with Crippen LogP contribution in [0.25, 0.3) is 0 Å². The van der Waals surface area contributed by atoms with Gasteiger partial charge in [0.25, 0.3) is 5.79 Å². The highest BCUT2D eigenvalue weighted by Gasteiger charge is 2.57. The first-order valence-electron chi connectivity index (χ1n) is 5.47. The predicted molar refractivity (Wildman–Crippen MR) is 86.4 cm³/mol. The lowest BCUT2D eigenvalue weighted by Crippen LogP contribution is -2.64. The quantitative estimate of drug-likeness (QED) is 0.176. The Morgan fingerprint density at radius 2 is 1.53 bits per heavy atom. The Morgan fingerprint density at radius 3 is 1.79 bits per heavy atom. The molecule has 0 aliphatic heterocycles. The third-order valence-electron chi connectivity index (χ3n) is 2.57. The van der Waals surface area contributed by atoms with Gasteiger partial charge in [-0.3, -0.25) is 0 Å². The van der Waals surface area contributed by atoms with Crippen molar-refractivity contribution in [3.8, 4) is 0 Å². The summed E-state index contributed by atoms with van der Waals surface area (Å²) in [6, 6.07) is 0. The van der Waals surface area contributed by atoms with Crippen LogP contribution < -0.4 is 0 Å². The Hall–Kier alpha value is 0.0944. The van der Waals surface area contributed by atoms with Crippen LogP contribution in [0.5, 0.6) is 0 Å². The highest BCUT2D eigenvalue weighted by molar-refractivity contribution is 6.02. The van der Waals surface area contributed by atoms with E-state index in [1.54, 1.807) is 6.92 Å². The summed E-state index contributed by atoms with van der Waals surface area (Å²) in [6.07, 6.45) is 0. The Morgan fingerprint density at radius 1 is 1.05 bits per heavy atom. The van der Waals surface area contributed by atoms with Crippen molar-refractivity contribution < 1.29 is 31.7 Å². The van der Waals surface area contributed by atoms with Crippen LogP contribution in [0.2, 0.25) is 0 Å². The van der Waals surface area contributed by atoms with Gasteiger partial charge >= 0.3 is 11.9 Å². The summed E-state index contributed by atoms with van der Waals surface area (Å²) in [7, 11) is 1.72. The van der Waals surface area contributed by atoms with Crippen molar-refractivity contribution in [3.63, 3.8) is 0 Å². The van der Waals surface area contributed by atoms with Crippen LogP contribution in [0, 0.1) is 0 Å². The Bertz CT molecular complexity index is 317. The molecule has 0 aromatic carbocycles. The first-order chi connectivity index (χ1) is 8.88. The molecule has 0 bridgehead atoms. The zero-order chi connectivity index (χ0) is 15.1. The van der Waals surface area contributed by atoms with E-state index < -0.39 is 17.7 Å². The maximum atomic E-state index is 11.8. The molecular weight excluding hydrogens is 336 g/mol. The fourth-order valence-corrected chi connectivity index (χ4v) is 4.73. The van der Waals surface area contributed by atoms with Crippen LogP contribution in [0.4, 0.5) is 0 Å². The fraction of sp³-hybridized carbons (Fsp3) is 0.571. The summed E-state index contributed by atoms with van der Waals surface area (Å²) in [6.45, 7) is 5.16. The van der Waals surface area contributed by atoms with Crippen LogP contribution >= 0.6 is 0 Å². The van der Waals surface area contributed by atoms with E-state index in [1.807, 2.05) is 0 Å². The lowest BCUT2D eigenvalue weighted by atomic mass is 10.2. The lowest BCUT2D eigenvalue weighted by Gasteiger charge is -2.45. The van der Waals surface area contributed by atoms with Crippen molar-refractivity contribution in [2.24, 2.45) is 0 Å². The van der Waals surface area contributed by atoms with Crippen LogP contribution in [0.3, 0.4) is 0 Å². The monoisotopic (exact) mass is 358 g/mol. The third-order valence-corrected chi connectivity index (χ3v) is 5.26. The van der Waals surface area contributed by atoms with Crippen LogP contribution in [-0.2, 0) is 31.7 Å². The maximum absolute atomic E-state index is 11.8. The molecule has 0 fully saturated rings. The topological polar surface area (TPSA) is 72.5 Å². The van der Waals surface area contributed by atoms with Gasteiger partial charge in [-0.25, -0.2) is 4.79 Å². The van der Waals surface area contributed by atoms with E-state index in [4.69, 9.17) is 26.9 Å². The van der Waals surface area contributed by atoms with Crippen molar-refractivity contribution in [2.75, 3.05) is 6.61 Å². The Labute approximate surface area is 128 Å². The lowest BCUT2D eigenvalue weighted by molar-refractivity contribution is -0.405. The molecule has 0 radical (unpaired) electrons. The minimum absolute atomic E-state index is 0.0835. The molecule has 7 nitrogen and oxygen atoms in total. The number of rotatable bonds is 9. The molecule has 0 aromatic rings. The minimum atomic E-state index is -1.71. The van der Waals surface area contributed by atoms with Crippen LogP contribution in [0.1, 0.15) is 6.92 Å². The smallest absolute Gasteiger partial charge is 0.366 e. The normalized spacial score (nSPS) is 18.2. The second-order valence-corrected chi connectivity index (χ2v) is 5.94. The second-order valence-electron chi connectivity index (χ2n) is 3.73. The molecule has 0 amide bonds. The van der Waals surface area contributed by atoms with E-state index in [1.165, 1.54) is 0 Å². The molecule has 0 saturated carbocycles. The first kappa shape index (κ1) is 19.1. The number of hydrogen-bond acceptors (Lipinski definition) is 7. The molecule has 19 heavy (non-hydrogen) atoms. The van der Waals surface area contributed by atoms with Crippen molar-refractivity contribution >= 4 is 58.4 Å². The zero-order valence-electron chi connectivity index (χ0n) is 12.3. The van der Waals surface area contributed by atoms with E-state index in [0.29, 0.717) is 31.5 Å². The molecule has 0 N–H and O–H groups in total. The molecule has 112 valence electrons. The highest BCUT2D eigenvalue weighted by Crippen LogP contribution is 2.32. The minimum Gasteiger partial charge on any atom is -0.422 e. The van der Waals surface area contributed by atoms with Gasteiger partial charge < -0.3 is 26.9 Å². The molecule has 0 saturated heterocycles. The first-order valence-corrected chi connectivity index (χ1v) is 9.55. The average molecular weight is 359 g/mol. The number of hydrogen-bond donors (Lipinski definition) is 0. The summed E-state index contributed by atoms with van der Waals surface area (Å²) < 4.78 is 32.3. The van der Waals surface area contributed by atoms with E-state index in [2.05, 4.69) is 6.58 Å². The van der Waals surface area contributed by atoms with Gasteiger partial charge in [0, 0.05) is 5.57 Å². The molecule has 0 aliphatic rings. The molecule has 0 rings (SSSR count). The van der Waals surface area contributed by atoms with E-state index in [0.717, 1.165) is 0 Å². The SMILES string of the molecule is C=C(C)C(=O)OC(O[SiH3])(O[SiH3])C(CO[SiH3])(O[SiH3])O[SiH3]. The summed E-state index contributed by atoms with van der Waals surface area (Å²) in [5, 5.41) is 0. The highest BCUT2D eigenvalue weighted by atomic mass is 28.2. The second kappa shape index (κ2) is 8.40. The van der Waals surface area contributed by atoms with E-state index in [9.17, 15) is 4.79 Å². The van der Waals surface area contributed by atoms with Crippen LogP contribution in [0.15, 0.2) is 12.2 Å². The standard InChI is InChI=1S/C7H22O7Si5/c1-4(2)5(8)10-7(13-18,14-19)6(11-16,12-17)3-9-15/h1,3H2,2,15-19H3. The molecular formula is C7H22O7Si5. The van der Waals surface area contributed by atoms with Crippen molar-refractivity contribution in [3.05, 3.63) is 12.2 Å². The third kappa shape index (κ3) is 4.03. The van der Waals surface area contributed by atoms with Gasteiger partial charge in [0.15, 0.2) is 21.0 Å². The fourth-order valence-electron chi connectivity index (χ4n) is 1.49. The zero-order valence-corrected chi connectivity index (χ0v) is 22.3. The molecule has 12 heteroatoms. The van der Waals surface area contributed by atoms with E-state index in [-0.39, 0.29) is 33.2 Å². The molecule has 0 spiro atoms. The van der Waals surface area contributed by atoms with Crippen molar-refractivity contribution in [2.45, 2.75) is 18.7 Å². The Kier molecular flexibility index (Phi) is 8.44. The van der Waals surface area contributed by atoms with Gasteiger partial charge in [-0.1, -0.05) is 6.58 Å². The van der Waals surface area contributed by atoms with Crippen molar-refractivity contribution in [1.82, 2.24) is 0 Å². The van der Waals surface area contributed by atoms with Crippen LogP contribution in [-0.4, -0.2) is 76.8 Å². The predicted octanol–water partition coefficient (Wildman–Crippen LogP) is -6.06. The summed E-state index contributed by atoms with van der Waals surface area (Å²) >= 11 is 0. The average Bonchev–Trinajstić information content (AvgIpc) is 2.42. The number of carbonyl (C=O) groups excluding carboxylic acids is 1. The van der Waals surface area contributed by atoms with Crippen molar-refractivity contribution in [1.29, 1.82) is 0 Å². The van der Waals surface area contributed by atoms with Gasteiger partial charge in [-0.15, -0.1) is 0 Å². The molecule has 0 aromatic heterocycles. The Balaban J connectivity index is 5.55. The van der Waals surface area contributed by atoms with Gasteiger partial charge in [0.05, 0.1) is 6.61 Å². The van der Waals surface area contributed by atoms with Gasteiger partial charge in [0.2, 0.25) is 0 Å². The molecule has 0 heterocycles. The summed E-state index contributed by atoms with van der Waals surface area (Å²) in [5.41, 5.74) is 0.240. The van der Waals surface area contributed by atoms with Gasteiger partial charge in [0.1, 0.15) is 31.5 Å². The largest absolute Gasteiger partial charge is 0.422 e. The summed E-state index contributed by atoms with van der Waals surface area (Å²) in [4.78, 5) is 11.8. The van der Waals surface area contributed by atoms with Gasteiger partial charge in [-0.2, -0.15) is 0 Å². The molecule has 0 atom stereocenters. The molecule has 0 unspecified atom stereocenters. The number of ether oxygens (including phenoxy) is 1. The molecule has 0 aliphatic carbocycles. The summed E-state index contributed by atoms with van der Waals surface area (Å²) in [5.74, 6) is -3.70. The maximum Gasteiger partial charge on any atom is 0.366 e. The van der Waals surface area contributed by atoms with E-state index >= 15 is 0 Å². The van der Waals surface area contributed by atoms with Gasteiger partial charge in [-0.05, 0) is 6.92 Å².